The van der Waals surface area contributed by atoms with Gasteiger partial charge in [-0.15, -0.1) is 10.2 Å². The van der Waals surface area contributed by atoms with Gasteiger partial charge in [0.2, 0.25) is 11.8 Å². The first-order chi connectivity index (χ1) is 8.26. The fourth-order valence-electron chi connectivity index (χ4n) is 1.38. The lowest BCUT2D eigenvalue weighted by molar-refractivity contribution is 0.395. The van der Waals surface area contributed by atoms with Crippen molar-refractivity contribution in [3.8, 4) is 17.3 Å². The summed E-state index contributed by atoms with van der Waals surface area (Å²) < 4.78 is 10.6. The van der Waals surface area contributed by atoms with Crippen molar-refractivity contribution in [2.24, 2.45) is 5.73 Å². The van der Waals surface area contributed by atoms with E-state index in [9.17, 15) is 0 Å². The lowest BCUT2D eigenvalue weighted by Gasteiger charge is -2.03. The number of nitrogens with two attached hydrogens (primary N) is 1. The van der Waals surface area contributed by atoms with Crippen LogP contribution in [0.4, 0.5) is 0 Å². The molecular weight excluding hydrogens is 220 g/mol. The maximum absolute atomic E-state index is 5.81. The van der Waals surface area contributed by atoms with E-state index in [0.717, 1.165) is 6.42 Å². The molecule has 2 heterocycles. The van der Waals surface area contributed by atoms with E-state index in [-0.39, 0.29) is 6.04 Å². The van der Waals surface area contributed by atoms with Crippen LogP contribution in [0, 0.1) is 0 Å². The predicted molar refractivity (Wildman–Crippen MR) is 61.3 cm³/mol. The summed E-state index contributed by atoms with van der Waals surface area (Å²) in [6, 6.07) is 3.35. The third-order valence-corrected chi connectivity index (χ3v) is 2.39. The quantitative estimate of drug-likeness (QED) is 0.863. The van der Waals surface area contributed by atoms with Crippen molar-refractivity contribution >= 4 is 0 Å². The molecule has 0 aliphatic carbocycles. The van der Waals surface area contributed by atoms with Crippen molar-refractivity contribution in [3.05, 3.63) is 24.2 Å². The molecule has 6 heteroatoms. The van der Waals surface area contributed by atoms with Gasteiger partial charge in [0.15, 0.2) is 0 Å². The Kier molecular flexibility index (Phi) is 3.34. The second-order valence-electron chi connectivity index (χ2n) is 3.52. The van der Waals surface area contributed by atoms with Gasteiger partial charge in [-0.25, -0.2) is 4.98 Å². The largest absolute Gasteiger partial charge is 0.480 e. The van der Waals surface area contributed by atoms with Gasteiger partial charge in [0.25, 0.3) is 5.89 Å². The van der Waals surface area contributed by atoms with Gasteiger partial charge in [0.05, 0.1) is 13.2 Å². The molecule has 2 rings (SSSR count). The molecule has 0 saturated heterocycles. The minimum absolute atomic E-state index is 0.237. The molecule has 0 bridgehead atoms. The van der Waals surface area contributed by atoms with E-state index in [4.69, 9.17) is 14.9 Å². The Balaban J connectivity index is 2.37. The van der Waals surface area contributed by atoms with Crippen molar-refractivity contribution in [1.82, 2.24) is 15.2 Å². The molecule has 0 aliphatic rings. The highest BCUT2D eigenvalue weighted by molar-refractivity contribution is 5.59. The fraction of sp³-hybridized carbons (Fsp3) is 0.364. The summed E-state index contributed by atoms with van der Waals surface area (Å²) >= 11 is 0. The highest BCUT2D eigenvalue weighted by Gasteiger charge is 2.16. The van der Waals surface area contributed by atoms with E-state index in [1.807, 2.05) is 6.92 Å². The van der Waals surface area contributed by atoms with E-state index in [2.05, 4.69) is 15.2 Å². The molecule has 0 aromatic carbocycles. The van der Waals surface area contributed by atoms with Crippen LogP contribution in [0.25, 0.3) is 11.5 Å². The van der Waals surface area contributed by atoms with Gasteiger partial charge >= 0.3 is 0 Å². The Morgan fingerprint density at radius 3 is 3.00 bits per heavy atom. The maximum atomic E-state index is 5.81. The van der Waals surface area contributed by atoms with E-state index >= 15 is 0 Å². The van der Waals surface area contributed by atoms with Crippen LogP contribution in [-0.4, -0.2) is 22.3 Å². The zero-order chi connectivity index (χ0) is 12.3. The molecule has 0 saturated carbocycles. The molecule has 1 atom stereocenters. The molecule has 2 aromatic heterocycles. The lowest BCUT2D eigenvalue weighted by atomic mass is 10.2. The van der Waals surface area contributed by atoms with Crippen LogP contribution in [0.3, 0.4) is 0 Å². The first kappa shape index (κ1) is 11.5. The number of rotatable bonds is 4. The predicted octanol–water partition coefficient (Wildman–Crippen LogP) is 1.55. The first-order valence-corrected chi connectivity index (χ1v) is 5.34. The smallest absolute Gasteiger partial charge is 0.253 e. The number of hydrogen-bond donors (Lipinski definition) is 1. The number of pyridine rings is 1. The Hall–Kier alpha value is -1.95. The van der Waals surface area contributed by atoms with Crippen LogP contribution >= 0.6 is 0 Å². The van der Waals surface area contributed by atoms with Crippen LogP contribution in [0.5, 0.6) is 5.88 Å². The second kappa shape index (κ2) is 4.92. The molecule has 0 spiro atoms. The molecule has 2 N–H and O–H groups in total. The van der Waals surface area contributed by atoms with Gasteiger partial charge < -0.3 is 14.9 Å². The summed E-state index contributed by atoms with van der Waals surface area (Å²) in [7, 11) is 1.54. The van der Waals surface area contributed by atoms with Crippen LogP contribution in [0.15, 0.2) is 22.7 Å². The topological polar surface area (TPSA) is 87.1 Å². The van der Waals surface area contributed by atoms with Crippen LogP contribution in [0.1, 0.15) is 25.3 Å². The SMILES string of the molecule is CCC(N)c1nnc(-c2cccnc2OC)o1. The molecule has 17 heavy (non-hydrogen) atoms. The average Bonchev–Trinajstić information content (AvgIpc) is 2.87. The van der Waals surface area contributed by atoms with Crippen molar-refractivity contribution in [3.63, 3.8) is 0 Å². The number of ether oxygens (including phenoxy) is 1. The third kappa shape index (κ3) is 2.26. The van der Waals surface area contributed by atoms with Crippen LogP contribution in [-0.2, 0) is 0 Å². The first-order valence-electron chi connectivity index (χ1n) is 5.34. The van der Waals surface area contributed by atoms with E-state index in [1.165, 1.54) is 0 Å². The number of nitrogens with zero attached hydrogens (tertiary/aromatic N) is 3. The molecular formula is C11H14N4O2. The highest BCUT2D eigenvalue weighted by Crippen LogP contribution is 2.27. The van der Waals surface area contributed by atoms with Gasteiger partial charge in [-0.2, -0.15) is 0 Å². The summed E-state index contributed by atoms with van der Waals surface area (Å²) in [5.74, 6) is 1.25. The van der Waals surface area contributed by atoms with Crippen molar-refractivity contribution in [1.29, 1.82) is 0 Å². The van der Waals surface area contributed by atoms with Gasteiger partial charge in [0.1, 0.15) is 5.56 Å². The molecule has 2 aromatic rings. The lowest BCUT2D eigenvalue weighted by Crippen LogP contribution is -2.08. The summed E-state index contributed by atoms with van der Waals surface area (Å²) in [5, 5.41) is 7.86. The molecule has 0 fully saturated rings. The molecule has 0 amide bonds. The molecule has 0 radical (unpaired) electrons. The van der Waals surface area contributed by atoms with Crippen molar-refractivity contribution in [2.75, 3.05) is 7.11 Å². The zero-order valence-electron chi connectivity index (χ0n) is 9.75. The molecule has 90 valence electrons. The van der Waals surface area contributed by atoms with Crippen LogP contribution < -0.4 is 10.5 Å². The Morgan fingerprint density at radius 1 is 1.47 bits per heavy atom. The maximum Gasteiger partial charge on any atom is 0.253 e. The standard InChI is InChI=1S/C11H14N4O2/c1-3-8(12)11-15-14-10(17-11)7-5-4-6-13-9(7)16-2/h4-6,8H,3,12H2,1-2H3. The minimum atomic E-state index is -0.237. The van der Waals surface area contributed by atoms with Gasteiger partial charge in [-0.1, -0.05) is 6.92 Å². The van der Waals surface area contributed by atoms with Gasteiger partial charge in [-0.05, 0) is 18.6 Å². The zero-order valence-corrected chi connectivity index (χ0v) is 9.75. The minimum Gasteiger partial charge on any atom is -0.480 e. The number of aromatic nitrogens is 3. The van der Waals surface area contributed by atoms with E-state index < -0.39 is 0 Å². The normalized spacial score (nSPS) is 12.4. The number of hydrogen-bond acceptors (Lipinski definition) is 6. The Bertz CT molecular complexity index is 498. The third-order valence-electron chi connectivity index (χ3n) is 2.39. The Morgan fingerprint density at radius 2 is 2.29 bits per heavy atom. The summed E-state index contributed by atoms with van der Waals surface area (Å²) in [4.78, 5) is 4.07. The molecule has 0 aliphatic heterocycles. The Labute approximate surface area is 98.8 Å². The average molecular weight is 234 g/mol. The van der Waals surface area contributed by atoms with E-state index in [0.29, 0.717) is 23.2 Å². The van der Waals surface area contributed by atoms with Crippen LogP contribution in [0.2, 0.25) is 0 Å². The summed E-state index contributed by atoms with van der Waals surface area (Å²) in [5.41, 5.74) is 6.48. The van der Waals surface area contributed by atoms with E-state index in [1.54, 1.807) is 25.4 Å². The van der Waals surface area contributed by atoms with Gasteiger partial charge in [-0.3, -0.25) is 0 Å². The summed E-state index contributed by atoms with van der Waals surface area (Å²) in [6.07, 6.45) is 2.38. The molecule has 1 unspecified atom stereocenters. The second-order valence-corrected chi connectivity index (χ2v) is 3.52. The monoisotopic (exact) mass is 234 g/mol. The van der Waals surface area contributed by atoms with Crippen molar-refractivity contribution < 1.29 is 9.15 Å². The fourth-order valence-corrected chi connectivity index (χ4v) is 1.38. The summed E-state index contributed by atoms with van der Waals surface area (Å²) in [6.45, 7) is 1.96. The van der Waals surface area contributed by atoms with Gasteiger partial charge in [0, 0.05) is 6.20 Å². The number of methoxy groups -OCH3 is 1. The molecule has 6 nitrogen and oxygen atoms in total. The van der Waals surface area contributed by atoms with Crippen molar-refractivity contribution in [2.45, 2.75) is 19.4 Å². The highest BCUT2D eigenvalue weighted by atomic mass is 16.5.